The Hall–Kier alpha value is -3.75. The van der Waals surface area contributed by atoms with Crippen molar-refractivity contribution in [3.8, 4) is 5.75 Å². The maximum Gasteiger partial charge on any atom is 0.573 e. The summed E-state index contributed by atoms with van der Waals surface area (Å²) in [5.41, 5.74) is 2.27. The van der Waals surface area contributed by atoms with Gasteiger partial charge in [-0.05, 0) is 23.3 Å². The zero-order chi connectivity index (χ0) is 23.0. The third kappa shape index (κ3) is 6.90. The van der Waals surface area contributed by atoms with E-state index in [0.717, 1.165) is 11.1 Å². The fraction of sp³-hybridized carbons (Fsp3) is 0.217. The van der Waals surface area contributed by atoms with Gasteiger partial charge in [0.1, 0.15) is 5.75 Å². The minimum Gasteiger partial charge on any atom is -0.405 e. The number of para-hydroxylation sites is 1. The highest BCUT2D eigenvalue weighted by Crippen LogP contribution is 2.26. The van der Waals surface area contributed by atoms with Crippen LogP contribution in [0.5, 0.6) is 5.75 Å². The third-order valence-electron chi connectivity index (χ3n) is 4.60. The monoisotopic (exact) mass is 444 g/mol. The number of aliphatic imine (C=N–C) groups is 1. The van der Waals surface area contributed by atoms with Gasteiger partial charge in [-0.3, -0.25) is 9.79 Å². The molecule has 0 aliphatic carbocycles. The van der Waals surface area contributed by atoms with Crippen LogP contribution in [0.2, 0.25) is 0 Å². The van der Waals surface area contributed by atoms with E-state index in [1.54, 1.807) is 36.0 Å². The Morgan fingerprint density at radius 3 is 2.28 bits per heavy atom. The first-order valence-electron chi connectivity index (χ1n) is 9.85. The Balaban J connectivity index is 1.54. The van der Waals surface area contributed by atoms with Gasteiger partial charge in [0.05, 0.1) is 6.54 Å². The lowest BCUT2D eigenvalue weighted by Gasteiger charge is -2.16. The van der Waals surface area contributed by atoms with E-state index < -0.39 is 6.36 Å². The largest absolute Gasteiger partial charge is 0.573 e. The molecular weight excluding hydrogens is 421 g/mol. The Bertz CT molecular complexity index is 1110. The molecule has 0 bridgehead atoms. The number of ether oxygens (including phenoxy) is 1. The minimum absolute atomic E-state index is 0.0599. The average Bonchev–Trinajstić information content (AvgIpc) is 2.76. The van der Waals surface area contributed by atoms with E-state index in [1.807, 2.05) is 30.3 Å². The van der Waals surface area contributed by atoms with Crippen molar-refractivity contribution in [3.05, 3.63) is 100.0 Å². The lowest BCUT2D eigenvalue weighted by Crippen LogP contribution is -2.36. The van der Waals surface area contributed by atoms with E-state index in [4.69, 9.17) is 0 Å². The molecule has 0 saturated carbocycles. The molecule has 1 aromatic heterocycles. The predicted molar refractivity (Wildman–Crippen MR) is 116 cm³/mol. The van der Waals surface area contributed by atoms with Crippen molar-refractivity contribution in [2.75, 3.05) is 7.05 Å². The Kier molecular flexibility index (Phi) is 7.54. The molecule has 0 spiro atoms. The van der Waals surface area contributed by atoms with E-state index in [1.165, 1.54) is 18.2 Å². The van der Waals surface area contributed by atoms with Gasteiger partial charge in [-0.1, -0.05) is 48.5 Å². The van der Waals surface area contributed by atoms with Crippen LogP contribution in [0.4, 0.5) is 13.2 Å². The van der Waals surface area contributed by atoms with Gasteiger partial charge in [0.2, 0.25) is 0 Å². The Morgan fingerprint density at radius 1 is 0.938 bits per heavy atom. The normalized spacial score (nSPS) is 11.8. The first kappa shape index (κ1) is 22.9. The van der Waals surface area contributed by atoms with Crippen LogP contribution in [0.15, 0.2) is 82.7 Å². The van der Waals surface area contributed by atoms with Crippen molar-refractivity contribution in [2.24, 2.45) is 4.99 Å². The molecule has 0 aliphatic heterocycles. The lowest BCUT2D eigenvalue weighted by molar-refractivity contribution is -0.274. The van der Waals surface area contributed by atoms with Crippen LogP contribution in [0.3, 0.4) is 0 Å². The molecule has 32 heavy (non-hydrogen) atoms. The third-order valence-corrected chi connectivity index (χ3v) is 4.60. The van der Waals surface area contributed by atoms with Gasteiger partial charge >= 0.3 is 6.36 Å². The van der Waals surface area contributed by atoms with Crippen molar-refractivity contribution in [2.45, 2.75) is 26.0 Å². The van der Waals surface area contributed by atoms with E-state index in [9.17, 15) is 18.0 Å². The van der Waals surface area contributed by atoms with Gasteiger partial charge in [0, 0.05) is 38.0 Å². The number of pyridine rings is 1. The molecule has 1 heterocycles. The standard InChI is InChI=1S/C23H23F3N4O2/c1-27-22(29-15-19-6-2-3-7-20(19)32-23(24,25)26)28-14-17-9-11-18(12-10-17)16-30-13-5-4-8-21(30)31/h2-13H,14-16H2,1H3,(H2,27,28,29). The second-order valence-corrected chi connectivity index (χ2v) is 6.92. The molecule has 3 rings (SSSR count). The van der Waals surface area contributed by atoms with Gasteiger partial charge in [0.25, 0.3) is 5.56 Å². The molecule has 0 aliphatic rings. The summed E-state index contributed by atoms with van der Waals surface area (Å²) < 4.78 is 43.4. The maximum absolute atomic E-state index is 12.6. The van der Waals surface area contributed by atoms with Crippen LogP contribution in [0.25, 0.3) is 0 Å². The number of guanidine groups is 1. The summed E-state index contributed by atoms with van der Waals surface area (Å²) in [6.45, 7) is 1.05. The zero-order valence-electron chi connectivity index (χ0n) is 17.4. The number of nitrogens with one attached hydrogen (secondary N) is 2. The van der Waals surface area contributed by atoms with Crippen LogP contribution in [0.1, 0.15) is 16.7 Å². The van der Waals surface area contributed by atoms with Gasteiger partial charge in [-0.15, -0.1) is 13.2 Å². The second-order valence-electron chi connectivity index (χ2n) is 6.92. The Labute approximate surface area is 183 Å². The number of benzene rings is 2. The summed E-state index contributed by atoms with van der Waals surface area (Å²) >= 11 is 0. The Morgan fingerprint density at radius 2 is 1.59 bits per heavy atom. The number of nitrogens with zero attached hydrogens (tertiary/aromatic N) is 2. The van der Waals surface area contributed by atoms with Crippen LogP contribution >= 0.6 is 0 Å². The lowest BCUT2D eigenvalue weighted by atomic mass is 10.1. The molecule has 0 atom stereocenters. The summed E-state index contributed by atoms with van der Waals surface area (Å²) in [5, 5.41) is 6.11. The van der Waals surface area contributed by atoms with Gasteiger partial charge < -0.3 is 19.9 Å². The first-order chi connectivity index (χ1) is 15.3. The second kappa shape index (κ2) is 10.5. The molecule has 9 heteroatoms. The smallest absolute Gasteiger partial charge is 0.405 e. The topological polar surface area (TPSA) is 67.7 Å². The number of hydrogen-bond donors (Lipinski definition) is 2. The van der Waals surface area contributed by atoms with Crippen molar-refractivity contribution < 1.29 is 17.9 Å². The summed E-state index contributed by atoms with van der Waals surface area (Å²) in [5.74, 6) is 0.183. The molecule has 0 fully saturated rings. The van der Waals surface area contributed by atoms with Gasteiger partial charge in [-0.2, -0.15) is 0 Å². The quantitative estimate of drug-likeness (QED) is 0.431. The summed E-state index contributed by atoms with van der Waals surface area (Å²) in [7, 11) is 1.58. The van der Waals surface area contributed by atoms with E-state index in [-0.39, 0.29) is 17.9 Å². The zero-order valence-corrected chi connectivity index (χ0v) is 17.4. The number of hydrogen-bond acceptors (Lipinski definition) is 3. The molecular formula is C23H23F3N4O2. The van der Waals surface area contributed by atoms with Crippen LogP contribution in [-0.2, 0) is 19.6 Å². The molecule has 0 amide bonds. The van der Waals surface area contributed by atoms with Crippen LogP contribution in [0, 0.1) is 0 Å². The van der Waals surface area contributed by atoms with Crippen LogP contribution < -0.4 is 20.9 Å². The fourth-order valence-electron chi connectivity index (χ4n) is 3.01. The summed E-state index contributed by atoms with van der Waals surface area (Å²) in [6.07, 6.45) is -3.01. The predicted octanol–water partition coefficient (Wildman–Crippen LogP) is 3.66. The molecule has 2 aromatic carbocycles. The minimum atomic E-state index is -4.75. The van der Waals surface area contributed by atoms with E-state index >= 15 is 0 Å². The first-order valence-corrected chi connectivity index (χ1v) is 9.85. The van der Waals surface area contributed by atoms with Gasteiger partial charge in [-0.25, -0.2) is 0 Å². The molecule has 3 aromatic rings. The fourth-order valence-corrected chi connectivity index (χ4v) is 3.01. The highest BCUT2D eigenvalue weighted by Gasteiger charge is 2.31. The molecule has 2 N–H and O–H groups in total. The molecule has 0 unspecified atom stereocenters. The number of rotatable bonds is 7. The van der Waals surface area contributed by atoms with Crippen molar-refractivity contribution in [1.29, 1.82) is 0 Å². The average molecular weight is 444 g/mol. The number of aromatic nitrogens is 1. The van der Waals surface area contributed by atoms with E-state index in [0.29, 0.717) is 24.6 Å². The summed E-state index contributed by atoms with van der Waals surface area (Å²) in [4.78, 5) is 15.9. The van der Waals surface area contributed by atoms with Crippen LogP contribution in [-0.4, -0.2) is 23.9 Å². The molecule has 0 radical (unpaired) electrons. The summed E-state index contributed by atoms with van der Waals surface area (Å²) in [6, 6.07) is 18.7. The SMILES string of the molecule is CN=C(NCc1ccc(Cn2ccccc2=O)cc1)NCc1ccccc1OC(F)(F)F. The molecule has 0 saturated heterocycles. The van der Waals surface area contributed by atoms with Crippen molar-refractivity contribution in [3.63, 3.8) is 0 Å². The highest BCUT2D eigenvalue weighted by atomic mass is 19.4. The van der Waals surface area contributed by atoms with Crippen molar-refractivity contribution >= 4 is 5.96 Å². The van der Waals surface area contributed by atoms with Gasteiger partial charge in [0.15, 0.2) is 5.96 Å². The van der Waals surface area contributed by atoms with E-state index in [2.05, 4.69) is 20.4 Å². The number of halogens is 3. The highest BCUT2D eigenvalue weighted by molar-refractivity contribution is 5.79. The molecule has 6 nitrogen and oxygen atoms in total. The maximum atomic E-state index is 12.6. The van der Waals surface area contributed by atoms with Crippen molar-refractivity contribution in [1.82, 2.24) is 15.2 Å². The molecule has 168 valence electrons. The number of alkyl halides is 3.